The van der Waals surface area contributed by atoms with E-state index in [1.54, 1.807) is 28.9 Å². The van der Waals surface area contributed by atoms with Crippen LogP contribution in [0.1, 0.15) is 28.8 Å². The highest BCUT2D eigenvalue weighted by Crippen LogP contribution is 2.41. The molecule has 10 heteroatoms. The molecule has 4 rings (SSSR count). The van der Waals surface area contributed by atoms with Crippen LogP contribution in [0.5, 0.6) is 0 Å². The number of aromatic nitrogens is 3. The topological polar surface area (TPSA) is 88.9 Å². The molecular formula is C22H20F3N5O2. The molecule has 0 bridgehead atoms. The zero-order valence-electron chi connectivity index (χ0n) is 16.9. The highest BCUT2D eigenvalue weighted by atomic mass is 19.3. The van der Waals surface area contributed by atoms with Gasteiger partial charge < -0.3 is 10.6 Å². The summed E-state index contributed by atoms with van der Waals surface area (Å²) in [6, 6.07) is 9.27. The summed E-state index contributed by atoms with van der Waals surface area (Å²) in [5.74, 6) is -4.40. The summed E-state index contributed by atoms with van der Waals surface area (Å²) in [7, 11) is 0. The van der Waals surface area contributed by atoms with Crippen molar-refractivity contribution in [3.63, 3.8) is 0 Å². The highest BCUT2D eigenvalue weighted by molar-refractivity contribution is 6.04. The molecule has 2 amide bonds. The van der Waals surface area contributed by atoms with Crippen LogP contribution in [-0.4, -0.2) is 39.3 Å². The average molecular weight is 443 g/mol. The van der Waals surface area contributed by atoms with Gasteiger partial charge in [0.25, 0.3) is 5.91 Å². The smallest absolute Gasteiger partial charge is 0.253 e. The first-order chi connectivity index (χ1) is 15.3. The number of fused-ring (bicyclic) bond motifs is 1. The Labute approximate surface area is 181 Å². The van der Waals surface area contributed by atoms with Crippen molar-refractivity contribution >= 4 is 28.5 Å². The minimum absolute atomic E-state index is 0.0125. The molecule has 0 radical (unpaired) electrons. The summed E-state index contributed by atoms with van der Waals surface area (Å²) in [5, 5.41) is 13.3. The third-order valence-corrected chi connectivity index (χ3v) is 5.32. The highest BCUT2D eigenvalue weighted by Gasteiger charge is 2.45. The SMILES string of the molecule is C=CC(=O)Nc1cc(Cn2nnc3c(C(=O)NCC4CC(F)(F)C4)cccc32)ccc1F. The summed E-state index contributed by atoms with van der Waals surface area (Å²) >= 11 is 0. The molecule has 1 aromatic heterocycles. The van der Waals surface area contributed by atoms with Crippen LogP contribution in [0, 0.1) is 11.7 Å². The molecular weight excluding hydrogens is 423 g/mol. The van der Waals surface area contributed by atoms with E-state index >= 15 is 0 Å². The maximum absolute atomic E-state index is 14.0. The van der Waals surface area contributed by atoms with E-state index in [4.69, 9.17) is 0 Å². The van der Waals surface area contributed by atoms with E-state index in [9.17, 15) is 22.8 Å². The first kappa shape index (κ1) is 21.5. The number of halogens is 3. The molecule has 0 unspecified atom stereocenters. The van der Waals surface area contributed by atoms with Gasteiger partial charge in [-0.15, -0.1) is 5.10 Å². The molecule has 1 saturated carbocycles. The molecule has 0 atom stereocenters. The van der Waals surface area contributed by atoms with Crippen LogP contribution < -0.4 is 10.6 Å². The number of anilines is 1. The van der Waals surface area contributed by atoms with Gasteiger partial charge in [0.05, 0.1) is 23.3 Å². The first-order valence-electron chi connectivity index (χ1n) is 9.96. The number of alkyl halides is 2. The number of nitrogens with zero attached hydrogens (tertiary/aromatic N) is 3. The van der Waals surface area contributed by atoms with Crippen LogP contribution in [0.4, 0.5) is 18.9 Å². The summed E-state index contributed by atoms with van der Waals surface area (Å²) in [6.07, 6.45) is 0.598. The molecule has 32 heavy (non-hydrogen) atoms. The van der Waals surface area contributed by atoms with E-state index < -0.39 is 23.6 Å². The number of benzene rings is 2. The zero-order valence-corrected chi connectivity index (χ0v) is 16.9. The maximum Gasteiger partial charge on any atom is 0.253 e. The molecule has 0 saturated heterocycles. The Balaban J connectivity index is 1.51. The monoisotopic (exact) mass is 443 g/mol. The lowest BCUT2D eigenvalue weighted by atomic mass is 9.81. The number of hydrogen-bond donors (Lipinski definition) is 2. The predicted octanol–water partition coefficient (Wildman–Crippen LogP) is 3.52. The Morgan fingerprint density at radius 2 is 2.03 bits per heavy atom. The van der Waals surface area contributed by atoms with Gasteiger partial charge in [0.1, 0.15) is 11.3 Å². The fourth-order valence-corrected chi connectivity index (χ4v) is 3.68. The molecule has 7 nitrogen and oxygen atoms in total. The minimum Gasteiger partial charge on any atom is -0.352 e. The quantitative estimate of drug-likeness (QED) is 0.547. The zero-order chi connectivity index (χ0) is 22.9. The molecule has 2 N–H and O–H groups in total. The van der Waals surface area contributed by atoms with Gasteiger partial charge in [-0.2, -0.15) is 0 Å². The van der Waals surface area contributed by atoms with Gasteiger partial charge in [-0.25, -0.2) is 17.9 Å². The van der Waals surface area contributed by atoms with E-state index in [1.807, 2.05) is 0 Å². The number of carbonyl (C=O) groups excluding carboxylic acids is 2. The van der Waals surface area contributed by atoms with Crippen LogP contribution in [0.2, 0.25) is 0 Å². The van der Waals surface area contributed by atoms with E-state index in [0.717, 1.165) is 6.08 Å². The van der Waals surface area contributed by atoms with Gasteiger partial charge in [0, 0.05) is 19.4 Å². The van der Waals surface area contributed by atoms with Gasteiger partial charge in [-0.1, -0.05) is 23.9 Å². The lowest BCUT2D eigenvalue weighted by molar-refractivity contribution is -0.112. The summed E-state index contributed by atoms with van der Waals surface area (Å²) in [4.78, 5) is 24.1. The van der Waals surface area contributed by atoms with Crippen LogP contribution in [-0.2, 0) is 11.3 Å². The van der Waals surface area contributed by atoms with Crippen molar-refractivity contribution in [3.8, 4) is 0 Å². The molecule has 0 aliphatic heterocycles. The van der Waals surface area contributed by atoms with E-state index in [-0.39, 0.29) is 43.1 Å². The van der Waals surface area contributed by atoms with Crippen molar-refractivity contribution in [3.05, 3.63) is 66.0 Å². The van der Waals surface area contributed by atoms with Gasteiger partial charge in [-0.05, 0) is 41.8 Å². The van der Waals surface area contributed by atoms with E-state index in [1.165, 1.54) is 12.1 Å². The van der Waals surface area contributed by atoms with Crippen LogP contribution >= 0.6 is 0 Å². The van der Waals surface area contributed by atoms with Crippen molar-refractivity contribution in [2.24, 2.45) is 5.92 Å². The lowest BCUT2D eigenvalue weighted by Gasteiger charge is -2.34. The molecule has 1 fully saturated rings. The Morgan fingerprint density at radius 3 is 2.75 bits per heavy atom. The van der Waals surface area contributed by atoms with Gasteiger partial charge in [-0.3, -0.25) is 9.59 Å². The largest absolute Gasteiger partial charge is 0.352 e. The number of hydrogen-bond acceptors (Lipinski definition) is 4. The van der Waals surface area contributed by atoms with E-state index in [0.29, 0.717) is 16.6 Å². The predicted molar refractivity (Wildman–Crippen MR) is 112 cm³/mol. The van der Waals surface area contributed by atoms with Crippen molar-refractivity contribution in [1.29, 1.82) is 0 Å². The molecule has 1 aliphatic carbocycles. The Bertz CT molecular complexity index is 1200. The number of carbonyl (C=O) groups is 2. The van der Waals surface area contributed by atoms with Crippen LogP contribution in [0.15, 0.2) is 49.1 Å². The molecule has 166 valence electrons. The van der Waals surface area contributed by atoms with Gasteiger partial charge >= 0.3 is 0 Å². The van der Waals surface area contributed by atoms with Gasteiger partial charge in [0.15, 0.2) is 0 Å². The average Bonchev–Trinajstić information content (AvgIpc) is 3.15. The third-order valence-electron chi connectivity index (χ3n) is 5.32. The molecule has 1 heterocycles. The standard InChI is InChI=1S/C22H20F3N5O2/c1-2-19(31)27-17-8-13(6-7-16(17)23)12-30-18-5-3-4-15(20(18)28-29-30)21(32)26-11-14-9-22(24,25)10-14/h2-8,14H,1,9-12H2,(H,26,32)(H,27,31). The summed E-state index contributed by atoms with van der Waals surface area (Å²) in [6.45, 7) is 3.73. The number of nitrogens with one attached hydrogen (secondary N) is 2. The molecule has 2 aromatic carbocycles. The van der Waals surface area contributed by atoms with Crippen LogP contribution in [0.25, 0.3) is 11.0 Å². The third kappa shape index (κ3) is 4.48. The van der Waals surface area contributed by atoms with Crippen molar-refractivity contribution in [2.75, 3.05) is 11.9 Å². The maximum atomic E-state index is 14.0. The van der Waals surface area contributed by atoms with E-state index in [2.05, 4.69) is 27.5 Å². The summed E-state index contributed by atoms with van der Waals surface area (Å²) in [5.41, 5.74) is 1.90. The first-order valence-corrected chi connectivity index (χ1v) is 9.96. The van der Waals surface area contributed by atoms with Gasteiger partial charge in [0.2, 0.25) is 11.8 Å². The van der Waals surface area contributed by atoms with Crippen molar-refractivity contribution in [1.82, 2.24) is 20.3 Å². The minimum atomic E-state index is -2.63. The Hall–Kier alpha value is -3.69. The van der Waals surface area contributed by atoms with Crippen molar-refractivity contribution in [2.45, 2.75) is 25.3 Å². The summed E-state index contributed by atoms with van der Waals surface area (Å²) < 4.78 is 41.5. The second-order valence-corrected chi connectivity index (χ2v) is 7.77. The second kappa shape index (κ2) is 8.45. The Kier molecular flexibility index (Phi) is 5.68. The lowest BCUT2D eigenvalue weighted by Crippen LogP contribution is -2.42. The Morgan fingerprint density at radius 1 is 1.25 bits per heavy atom. The fraction of sp³-hybridized carbons (Fsp3) is 0.273. The number of rotatable bonds is 7. The van der Waals surface area contributed by atoms with Crippen molar-refractivity contribution < 1.29 is 22.8 Å². The molecule has 0 spiro atoms. The molecule has 3 aromatic rings. The number of amides is 2. The fourth-order valence-electron chi connectivity index (χ4n) is 3.68. The normalized spacial score (nSPS) is 15.2. The second-order valence-electron chi connectivity index (χ2n) is 7.77. The van der Waals surface area contributed by atoms with Crippen LogP contribution in [0.3, 0.4) is 0 Å². The molecule has 1 aliphatic rings.